The Hall–Kier alpha value is 0.820. The maximum absolute atomic E-state index is 4.92. The third kappa shape index (κ3) is 5.61. The first-order valence-corrected chi connectivity index (χ1v) is 6.84. The molecule has 0 spiro atoms. The molecule has 0 radical (unpaired) electrons. The van der Waals surface area contributed by atoms with Crippen molar-refractivity contribution in [2.75, 3.05) is 0 Å². The fourth-order valence-corrected chi connectivity index (χ4v) is 2.25. The first-order chi connectivity index (χ1) is 8.04. The molecule has 0 fully saturated rings. The summed E-state index contributed by atoms with van der Waals surface area (Å²) in [5.74, 6) is 0. The zero-order valence-corrected chi connectivity index (χ0v) is 16.7. The molecule has 19 heavy (non-hydrogen) atoms. The van der Waals surface area contributed by atoms with E-state index in [0.717, 1.165) is 0 Å². The van der Waals surface area contributed by atoms with Crippen molar-refractivity contribution >= 4 is 108 Å². The molecule has 0 saturated carbocycles. The minimum atomic E-state index is -0.202. The Morgan fingerprint density at radius 1 is 0.842 bits per heavy atom. The third-order valence-electron chi connectivity index (χ3n) is 2.31. The molecule has 0 aliphatic carbocycles. The summed E-state index contributed by atoms with van der Waals surface area (Å²) in [6, 6.07) is 0. The van der Waals surface area contributed by atoms with Crippen LogP contribution in [-0.2, 0) is 25.3 Å². The van der Waals surface area contributed by atoms with Gasteiger partial charge in [-0.3, -0.25) is 9.98 Å². The van der Waals surface area contributed by atoms with Crippen LogP contribution in [0.25, 0.3) is 0 Å². The van der Waals surface area contributed by atoms with Crippen LogP contribution >= 0.6 is 24.4 Å². The van der Waals surface area contributed by atoms with Gasteiger partial charge in [-0.25, -0.2) is 0 Å². The van der Waals surface area contributed by atoms with Crippen molar-refractivity contribution in [1.82, 2.24) is 10.6 Å². The van der Waals surface area contributed by atoms with Crippen molar-refractivity contribution < 1.29 is 0 Å². The summed E-state index contributed by atoms with van der Waals surface area (Å²) in [6.07, 6.45) is 0. The van der Waals surface area contributed by atoms with E-state index in [9.17, 15) is 0 Å². The van der Waals surface area contributed by atoms with Gasteiger partial charge >= 0.3 is 37.7 Å². The molecule has 2 aliphatic rings. The zero-order chi connectivity index (χ0) is 14.1. The topological polar surface area (TPSA) is 48.8 Å². The van der Waals surface area contributed by atoms with Gasteiger partial charge in [0.05, 0.1) is 11.1 Å². The Balaban J connectivity index is 0.000000324. The molecule has 0 saturated heterocycles. The molecule has 100 valence electrons. The fraction of sp³-hybridized carbons (Fsp3) is 0.600. The quantitative estimate of drug-likeness (QED) is 0.380. The van der Waals surface area contributed by atoms with Gasteiger partial charge < -0.3 is 35.9 Å². The zero-order valence-electron chi connectivity index (χ0n) is 11.2. The van der Waals surface area contributed by atoms with Gasteiger partial charge in [-0.15, -0.1) is 0 Å². The van der Waals surface area contributed by atoms with Crippen LogP contribution in [0.5, 0.6) is 0 Å². The molecule has 0 aromatic heterocycles. The van der Waals surface area contributed by atoms with Crippen LogP contribution < -0.4 is 10.6 Å². The SMILES string of the molecule is CC1(C)NC(=S)N=C1[S-].CC1(C)NC(=S)N=C1[S-].[Ca+2]. The second-order valence-corrected chi connectivity index (χ2v) is 6.49. The standard InChI is InChI=1S/2C5H8N2S2.Ca/c2*1-5(2)3(8)6-4(9)7-5;/h2*1-2H3,(H2,6,7,8,9);/q;;+2/p-2. The molecular weight excluding hydrogens is 344 g/mol. The maximum atomic E-state index is 4.92. The van der Waals surface area contributed by atoms with E-state index in [2.05, 4.69) is 20.6 Å². The Kier molecular flexibility index (Phi) is 7.51. The summed E-state index contributed by atoms with van der Waals surface area (Å²) in [5.41, 5.74) is -0.404. The summed E-state index contributed by atoms with van der Waals surface area (Å²) in [7, 11) is 0. The molecule has 4 nitrogen and oxygen atoms in total. The van der Waals surface area contributed by atoms with Crippen LogP contribution in [0.4, 0.5) is 0 Å². The van der Waals surface area contributed by atoms with Gasteiger partial charge in [-0.2, -0.15) is 0 Å². The van der Waals surface area contributed by atoms with E-state index in [1.165, 1.54) is 0 Å². The predicted molar refractivity (Wildman–Crippen MR) is 95.0 cm³/mol. The van der Waals surface area contributed by atoms with Crippen LogP contribution in [0.3, 0.4) is 0 Å². The van der Waals surface area contributed by atoms with Crippen LogP contribution in [0.1, 0.15) is 27.7 Å². The number of rotatable bonds is 0. The molecule has 2 heterocycles. The predicted octanol–water partition coefficient (Wildman–Crippen LogP) is 0.816. The smallest absolute Gasteiger partial charge is 0.762 e. The van der Waals surface area contributed by atoms with Gasteiger partial charge in [-0.05, 0) is 52.1 Å². The molecule has 0 aromatic carbocycles. The van der Waals surface area contributed by atoms with Gasteiger partial charge in [0.1, 0.15) is 0 Å². The van der Waals surface area contributed by atoms with Crippen molar-refractivity contribution in [2.45, 2.75) is 38.8 Å². The first-order valence-electron chi connectivity index (χ1n) is 5.21. The van der Waals surface area contributed by atoms with Crippen molar-refractivity contribution in [2.24, 2.45) is 9.98 Å². The maximum Gasteiger partial charge on any atom is 2.00 e. The number of hydrogen-bond donors (Lipinski definition) is 2. The van der Waals surface area contributed by atoms with Crippen molar-refractivity contribution in [3.63, 3.8) is 0 Å². The van der Waals surface area contributed by atoms with Crippen molar-refractivity contribution in [1.29, 1.82) is 0 Å². The van der Waals surface area contributed by atoms with Gasteiger partial charge in [0.2, 0.25) is 0 Å². The van der Waals surface area contributed by atoms with E-state index >= 15 is 0 Å². The number of hydrogen-bond acceptors (Lipinski definition) is 4. The van der Waals surface area contributed by atoms with E-state index in [-0.39, 0.29) is 48.8 Å². The second kappa shape index (κ2) is 7.20. The molecule has 2 aliphatic heterocycles. The molecule has 2 rings (SSSR count). The summed E-state index contributed by atoms with van der Waals surface area (Å²) in [4.78, 5) is 7.79. The Morgan fingerprint density at radius 3 is 1.16 bits per heavy atom. The van der Waals surface area contributed by atoms with E-state index in [4.69, 9.17) is 49.7 Å². The van der Waals surface area contributed by atoms with E-state index in [1.807, 2.05) is 27.7 Å². The number of nitrogens with zero attached hydrogens (tertiary/aromatic N) is 2. The van der Waals surface area contributed by atoms with Crippen LogP contribution in [0.15, 0.2) is 9.98 Å². The van der Waals surface area contributed by atoms with Gasteiger partial charge in [0.15, 0.2) is 10.2 Å². The molecular formula is C10H14CaN4S4. The number of nitrogens with one attached hydrogen (secondary N) is 2. The van der Waals surface area contributed by atoms with E-state index in [0.29, 0.717) is 20.3 Å². The Bertz CT molecular complexity index is 414. The minimum absolute atomic E-state index is 0. The van der Waals surface area contributed by atoms with Gasteiger partial charge in [0.25, 0.3) is 0 Å². The molecule has 0 bridgehead atoms. The second-order valence-electron chi connectivity index (χ2n) is 4.94. The van der Waals surface area contributed by atoms with Crippen LogP contribution in [0.2, 0.25) is 0 Å². The van der Waals surface area contributed by atoms with Gasteiger partial charge in [0, 0.05) is 0 Å². The number of thiocarbonyl (C=S) groups is 2. The van der Waals surface area contributed by atoms with Crippen LogP contribution in [0, 0.1) is 0 Å². The minimum Gasteiger partial charge on any atom is -0.762 e. The Morgan fingerprint density at radius 2 is 1.11 bits per heavy atom. The third-order valence-corrected chi connectivity index (χ3v) is 3.90. The van der Waals surface area contributed by atoms with Crippen LogP contribution in [-0.4, -0.2) is 69.1 Å². The average molecular weight is 359 g/mol. The molecule has 0 amide bonds. The summed E-state index contributed by atoms with van der Waals surface area (Å²) in [6.45, 7) is 7.83. The first kappa shape index (κ1) is 19.8. The molecule has 0 aromatic rings. The van der Waals surface area contributed by atoms with Crippen molar-refractivity contribution in [3.05, 3.63) is 0 Å². The van der Waals surface area contributed by atoms with Gasteiger partial charge in [-0.1, -0.05) is 10.1 Å². The Labute approximate surface area is 165 Å². The number of aliphatic imine (C=N–C) groups is 2. The average Bonchev–Trinajstić information content (AvgIpc) is 2.50. The molecule has 2 N–H and O–H groups in total. The molecule has 9 heteroatoms. The monoisotopic (exact) mass is 358 g/mol. The molecule has 0 unspecified atom stereocenters. The van der Waals surface area contributed by atoms with E-state index < -0.39 is 0 Å². The van der Waals surface area contributed by atoms with E-state index in [1.54, 1.807) is 0 Å². The summed E-state index contributed by atoms with van der Waals surface area (Å²) >= 11 is 19.4. The largest absolute Gasteiger partial charge is 2.00 e. The summed E-state index contributed by atoms with van der Waals surface area (Å²) in [5, 5.41) is 8.23. The molecule has 0 atom stereocenters. The normalized spacial score (nSPS) is 22.1. The fourth-order valence-electron chi connectivity index (χ4n) is 1.16. The van der Waals surface area contributed by atoms with Crippen molar-refractivity contribution in [3.8, 4) is 0 Å². The summed E-state index contributed by atoms with van der Waals surface area (Å²) < 4.78 is 0.